The monoisotopic (exact) mass is 202 g/mol. The molecule has 0 saturated heterocycles. The van der Waals surface area contributed by atoms with Crippen LogP contribution in [-0.4, -0.2) is 0 Å². The number of allylic oxidation sites excluding steroid dienone is 4. The highest BCUT2D eigenvalue weighted by Crippen LogP contribution is 2.43. The predicted molar refractivity (Wildman–Crippen MR) is 64.7 cm³/mol. The van der Waals surface area contributed by atoms with Crippen LogP contribution in [0, 0.1) is 11.8 Å². The molecule has 2 saturated carbocycles. The molecule has 0 aromatic carbocycles. The van der Waals surface area contributed by atoms with Gasteiger partial charge in [0.25, 0.3) is 0 Å². The molecule has 2 fully saturated rings. The topological polar surface area (TPSA) is 0 Å². The molecule has 0 heterocycles. The molecule has 3 aliphatic carbocycles. The third kappa shape index (κ3) is 1.79. The van der Waals surface area contributed by atoms with Gasteiger partial charge in [0, 0.05) is 0 Å². The highest BCUT2D eigenvalue weighted by atomic mass is 14.3. The second kappa shape index (κ2) is 4.15. The van der Waals surface area contributed by atoms with Gasteiger partial charge >= 0.3 is 0 Å². The first-order valence-corrected chi connectivity index (χ1v) is 6.84. The Hall–Kier alpha value is -0.520. The van der Waals surface area contributed by atoms with E-state index in [0.717, 1.165) is 11.8 Å². The summed E-state index contributed by atoms with van der Waals surface area (Å²) in [7, 11) is 0. The van der Waals surface area contributed by atoms with Crippen LogP contribution in [-0.2, 0) is 0 Å². The Morgan fingerprint density at radius 3 is 2.07 bits per heavy atom. The van der Waals surface area contributed by atoms with E-state index in [-0.39, 0.29) is 0 Å². The van der Waals surface area contributed by atoms with E-state index in [1.807, 2.05) is 5.57 Å². The molecule has 0 aromatic rings. The van der Waals surface area contributed by atoms with Gasteiger partial charge < -0.3 is 0 Å². The van der Waals surface area contributed by atoms with Crippen molar-refractivity contribution in [3.63, 3.8) is 0 Å². The van der Waals surface area contributed by atoms with Crippen molar-refractivity contribution in [3.8, 4) is 0 Å². The SMILES string of the molecule is C1=CC(C2CCCC2)=C(C2CCCC2)C1. The average molecular weight is 202 g/mol. The van der Waals surface area contributed by atoms with Gasteiger partial charge in [-0.3, -0.25) is 0 Å². The molecule has 82 valence electrons. The average Bonchev–Trinajstić information content (AvgIpc) is 3.01. The maximum Gasteiger partial charge on any atom is -0.0127 e. The fourth-order valence-electron chi connectivity index (χ4n) is 3.85. The van der Waals surface area contributed by atoms with Crippen LogP contribution in [0.25, 0.3) is 0 Å². The van der Waals surface area contributed by atoms with Crippen molar-refractivity contribution in [2.24, 2.45) is 11.8 Å². The Balaban J connectivity index is 1.81. The first-order valence-electron chi connectivity index (χ1n) is 6.84. The maximum atomic E-state index is 2.46. The smallest absolute Gasteiger partial charge is 0.0127 e. The summed E-state index contributed by atoms with van der Waals surface area (Å²) in [5, 5.41) is 0. The summed E-state index contributed by atoms with van der Waals surface area (Å²) in [6.45, 7) is 0. The van der Waals surface area contributed by atoms with Gasteiger partial charge in [-0.15, -0.1) is 0 Å². The van der Waals surface area contributed by atoms with Gasteiger partial charge in [-0.25, -0.2) is 0 Å². The lowest BCUT2D eigenvalue weighted by Crippen LogP contribution is -2.04. The normalized spacial score (nSPS) is 28.5. The third-order valence-electron chi connectivity index (χ3n) is 4.65. The molecule has 0 bridgehead atoms. The first kappa shape index (κ1) is 9.69. The van der Waals surface area contributed by atoms with Gasteiger partial charge in [0.15, 0.2) is 0 Å². The standard InChI is InChI=1S/C15H22/c1-2-7-12(6-1)14-10-5-11-15(14)13-8-3-4-9-13/h5,10,12-13H,1-4,6-9,11H2. The molecule has 3 aliphatic rings. The van der Waals surface area contributed by atoms with Crippen LogP contribution in [0.1, 0.15) is 57.8 Å². The van der Waals surface area contributed by atoms with Crippen molar-refractivity contribution < 1.29 is 0 Å². The molecular weight excluding hydrogens is 180 g/mol. The van der Waals surface area contributed by atoms with E-state index < -0.39 is 0 Å². The molecule has 0 aromatic heterocycles. The summed E-state index contributed by atoms with van der Waals surface area (Å²) in [5.74, 6) is 1.91. The molecule has 0 N–H and O–H groups in total. The molecule has 0 unspecified atom stereocenters. The molecule has 0 heteroatoms. The Kier molecular flexibility index (Phi) is 2.68. The van der Waals surface area contributed by atoms with E-state index in [9.17, 15) is 0 Å². The summed E-state index contributed by atoms with van der Waals surface area (Å²) in [5.41, 5.74) is 3.62. The second-order valence-corrected chi connectivity index (χ2v) is 5.55. The Morgan fingerprint density at radius 1 is 0.800 bits per heavy atom. The molecule has 0 radical (unpaired) electrons. The van der Waals surface area contributed by atoms with E-state index in [1.165, 1.54) is 57.8 Å². The Bertz CT molecular complexity index is 283. The maximum absolute atomic E-state index is 2.46. The molecule has 15 heavy (non-hydrogen) atoms. The number of hydrogen-bond acceptors (Lipinski definition) is 0. The summed E-state index contributed by atoms with van der Waals surface area (Å²) in [6, 6.07) is 0. The van der Waals surface area contributed by atoms with Gasteiger partial charge in [0.1, 0.15) is 0 Å². The summed E-state index contributed by atoms with van der Waals surface area (Å²) < 4.78 is 0. The van der Waals surface area contributed by atoms with E-state index >= 15 is 0 Å². The molecule has 0 amide bonds. The highest BCUT2D eigenvalue weighted by molar-refractivity contribution is 5.37. The minimum atomic E-state index is 0.944. The zero-order chi connectivity index (χ0) is 10.1. The van der Waals surface area contributed by atoms with Gasteiger partial charge in [-0.05, 0) is 49.5 Å². The molecule has 3 rings (SSSR count). The van der Waals surface area contributed by atoms with Crippen molar-refractivity contribution in [2.45, 2.75) is 57.8 Å². The quantitative estimate of drug-likeness (QED) is 0.612. The van der Waals surface area contributed by atoms with Gasteiger partial charge in [-0.1, -0.05) is 43.4 Å². The van der Waals surface area contributed by atoms with Gasteiger partial charge in [0.2, 0.25) is 0 Å². The van der Waals surface area contributed by atoms with Crippen molar-refractivity contribution >= 4 is 0 Å². The molecule has 0 atom stereocenters. The fraction of sp³-hybridized carbons (Fsp3) is 0.733. The number of rotatable bonds is 2. The van der Waals surface area contributed by atoms with Crippen LogP contribution in [0.3, 0.4) is 0 Å². The van der Waals surface area contributed by atoms with Crippen molar-refractivity contribution in [1.82, 2.24) is 0 Å². The van der Waals surface area contributed by atoms with E-state index in [4.69, 9.17) is 0 Å². The van der Waals surface area contributed by atoms with Crippen LogP contribution in [0.15, 0.2) is 23.3 Å². The summed E-state index contributed by atoms with van der Waals surface area (Å²) >= 11 is 0. The minimum absolute atomic E-state index is 0.944. The van der Waals surface area contributed by atoms with Gasteiger partial charge in [-0.2, -0.15) is 0 Å². The van der Waals surface area contributed by atoms with Crippen molar-refractivity contribution in [3.05, 3.63) is 23.3 Å². The fourth-order valence-corrected chi connectivity index (χ4v) is 3.85. The zero-order valence-corrected chi connectivity index (χ0v) is 9.67. The molecular formula is C15H22. The Morgan fingerprint density at radius 2 is 1.40 bits per heavy atom. The van der Waals surface area contributed by atoms with Crippen molar-refractivity contribution in [2.75, 3.05) is 0 Å². The zero-order valence-electron chi connectivity index (χ0n) is 9.67. The van der Waals surface area contributed by atoms with E-state index in [1.54, 1.807) is 5.57 Å². The van der Waals surface area contributed by atoms with E-state index in [0.29, 0.717) is 0 Å². The lowest BCUT2D eigenvalue weighted by molar-refractivity contribution is 0.590. The minimum Gasteiger partial charge on any atom is -0.0802 e. The lowest BCUT2D eigenvalue weighted by Gasteiger charge is -2.18. The third-order valence-corrected chi connectivity index (χ3v) is 4.65. The molecule has 0 nitrogen and oxygen atoms in total. The Labute approximate surface area is 93.5 Å². The van der Waals surface area contributed by atoms with E-state index in [2.05, 4.69) is 12.2 Å². The predicted octanol–water partition coefficient (Wildman–Crippen LogP) is 4.62. The van der Waals surface area contributed by atoms with Crippen LogP contribution >= 0.6 is 0 Å². The lowest BCUT2D eigenvalue weighted by atomic mass is 9.87. The first-order chi connectivity index (χ1) is 7.45. The molecule has 0 aliphatic heterocycles. The highest BCUT2D eigenvalue weighted by Gasteiger charge is 2.27. The molecule has 0 spiro atoms. The summed E-state index contributed by atoms with van der Waals surface area (Å²) in [4.78, 5) is 0. The van der Waals surface area contributed by atoms with Crippen molar-refractivity contribution in [1.29, 1.82) is 0 Å². The number of hydrogen-bond donors (Lipinski definition) is 0. The van der Waals surface area contributed by atoms with Crippen LogP contribution in [0.5, 0.6) is 0 Å². The van der Waals surface area contributed by atoms with Crippen LogP contribution < -0.4 is 0 Å². The summed E-state index contributed by atoms with van der Waals surface area (Å²) in [6.07, 6.45) is 18.0. The second-order valence-electron chi connectivity index (χ2n) is 5.55. The van der Waals surface area contributed by atoms with Crippen LogP contribution in [0.4, 0.5) is 0 Å². The largest absolute Gasteiger partial charge is 0.0802 e. The van der Waals surface area contributed by atoms with Gasteiger partial charge in [0.05, 0.1) is 0 Å². The van der Waals surface area contributed by atoms with Crippen LogP contribution in [0.2, 0.25) is 0 Å².